The van der Waals surface area contributed by atoms with Crippen molar-refractivity contribution in [1.82, 2.24) is 14.5 Å². The van der Waals surface area contributed by atoms with Crippen LogP contribution in [-0.2, 0) is 19.6 Å². The Labute approximate surface area is 92.7 Å². The minimum absolute atomic E-state index is 0.409. The molecule has 0 aliphatic carbocycles. The smallest absolute Gasteiger partial charge is 0.297 e. The van der Waals surface area contributed by atoms with Crippen molar-refractivity contribution in [3.63, 3.8) is 0 Å². The predicted octanol–water partition coefficient (Wildman–Crippen LogP) is 0.350. The molecule has 6 nitrogen and oxygen atoms in total. The Balaban J connectivity index is 1.83. The van der Waals surface area contributed by atoms with E-state index in [0.717, 1.165) is 31.2 Å². The van der Waals surface area contributed by atoms with Crippen LogP contribution in [-0.4, -0.2) is 21.1 Å². The topological polar surface area (TPSA) is 73.1 Å². The van der Waals surface area contributed by atoms with Crippen LogP contribution in [0, 0.1) is 0 Å². The van der Waals surface area contributed by atoms with Gasteiger partial charge in [-0.05, 0) is 0 Å². The maximum absolute atomic E-state index is 5.50. The molecule has 0 aromatic carbocycles. The maximum atomic E-state index is 5.50. The average molecular weight is 219 g/mol. The van der Waals surface area contributed by atoms with E-state index in [9.17, 15) is 0 Å². The van der Waals surface area contributed by atoms with Crippen molar-refractivity contribution in [2.45, 2.75) is 19.6 Å². The first-order valence-corrected chi connectivity index (χ1v) is 5.26. The molecule has 0 bridgehead atoms. The van der Waals surface area contributed by atoms with Gasteiger partial charge < -0.3 is 19.6 Å². The molecule has 0 fully saturated rings. The third-order valence-corrected chi connectivity index (χ3v) is 2.76. The van der Waals surface area contributed by atoms with E-state index >= 15 is 0 Å². The van der Waals surface area contributed by atoms with Gasteiger partial charge in [-0.1, -0.05) is 0 Å². The third kappa shape index (κ3) is 1.47. The molecule has 0 unspecified atom stereocenters. The van der Waals surface area contributed by atoms with Gasteiger partial charge in [-0.25, -0.2) is 4.98 Å². The largest absolute Gasteiger partial charge is 0.432 e. The zero-order valence-corrected chi connectivity index (χ0v) is 8.83. The first kappa shape index (κ1) is 9.41. The van der Waals surface area contributed by atoms with E-state index in [2.05, 4.69) is 19.4 Å². The first-order valence-electron chi connectivity index (χ1n) is 5.26. The Morgan fingerprint density at radius 1 is 1.44 bits per heavy atom. The Kier molecular flexibility index (Phi) is 2.14. The van der Waals surface area contributed by atoms with Gasteiger partial charge in [0.2, 0.25) is 0 Å². The van der Waals surface area contributed by atoms with Crippen molar-refractivity contribution < 1.29 is 4.42 Å². The number of fused-ring (bicyclic) bond motifs is 1. The highest BCUT2D eigenvalue weighted by Crippen LogP contribution is 2.19. The predicted molar refractivity (Wildman–Crippen MR) is 57.7 cm³/mol. The molecule has 1 aliphatic heterocycles. The van der Waals surface area contributed by atoms with Gasteiger partial charge in [0.15, 0.2) is 0 Å². The fourth-order valence-corrected chi connectivity index (χ4v) is 1.87. The molecular weight excluding hydrogens is 206 g/mol. The third-order valence-electron chi connectivity index (χ3n) is 2.76. The molecule has 3 rings (SSSR count). The van der Waals surface area contributed by atoms with Gasteiger partial charge >= 0.3 is 0 Å². The molecule has 2 aromatic rings. The van der Waals surface area contributed by atoms with Crippen LogP contribution >= 0.6 is 0 Å². The van der Waals surface area contributed by atoms with Crippen molar-refractivity contribution in [2.24, 2.45) is 5.73 Å². The summed E-state index contributed by atoms with van der Waals surface area (Å²) in [5.74, 6) is 1.04. The van der Waals surface area contributed by atoms with E-state index in [1.807, 2.05) is 12.4 Å². The lowest BCUT2D eigenvalue weighted by molar-refractivity contribution is 0.484. The maximum Gasteiger partial charge on any atom is 0.297 e. The lowest BCUT2D eigenvalue weighted by atomic mass is 10.4. The molecular formula is C10H13N5O. The lowest BCUT2D eigenvalue weighted by Gasteiger charge is -2.25. The number of oxazole rings is 1. The van der Waals surface area contributed by atoms with Crippen LogP contribution in [0.4, 0.5) is 6.01 Å². The van der Waals surface area contributed by atoms with Crippen LogP contribution in [0.15, 0.2) is 23.1 Å². The summed E-state index contributed by atoms with van der Waals surface area (Å²) in [5.41, 5.74) is 6.28. The minimum atomic E-state index is 0.409. The van der Waals surface area contributed by atoms with Crippen LogP contribution in [0.3, 0.4) is 0 Å². The molecule has 0 spiro atoms. The second kappa shape index (κ2) is 3.64. The highest BCUT2D eigenvalue weighted by molar-refractivity contribution is 5.28. The summed E-state index contributed by atoms with van der Waals surface area (Å²) in [6.07, 6.45) is 5.42. The second-order valence-electron chi connectivity index (χ2n) is 3.78. The minimum Gasteiger partial charge on any atom is -0.432 e. The zero-order chi connectivity index (χ0) is 11.0. The van der Waals surface area contributed by atoms with E-state index in [0.29, 0.717) is 12.6 Å². The van der Waals surface area contributed by atoms with E-state index < -0.39 is 0 Å². The van der Waals surface area contributed by atoms with Crippen LogP contribution in [0.2, 0.25) is 0 Å². The SMILES string of the molecule is NCc1coc(N2CCn3ccnc3C2)n1. The number of anilines is 1. The van der Waals surface area contributed by atoms with E-state index in [1.165, 1.54) is 0 Å². The normalized spacial score (nSPS) is 15.2. The molecule has 1 aliphatic rings. The summed E-state index contributed by atoms with van der Waals surface area (Å²) in [7, 11) is 0. The second-order valence-corrected chi connectivity index (χ2v) is 3.78. The summed E-state index contributed by atoms with van der Waals surface area (Å²) in [4.78, 5) is 10.7. The molecule has 0 amide bonds. The average Bonchev–Trinajstić information content (AvgIpc) is 2.96. The number of hydrogen-bond acceptors (Lipinski definition) is 5. The van der Waals surface area contributed by atoms with Crippen LogP contribution < -0.4 is 10.6 Å². The van der Waals surface area contributed by atoms with Crippen molar-refractivity contribution >= 4 is 6.01 Å². The van der Waals surface area contributed by atoms with Gasteiger partial charge in [-0.3, -0.25) is 0 Å². The summed E-state index contributed by atoms with van der Waals surface area (Å²) < 4.78 is 7.53. The molecule has 16 heavy (non-hydrogen) atoms. The van der Waals surface area contributed by atoms with E-state index in [1.54, 1.807) is 6.26 Å². The Morgan fingerprint density at radius 3 is 3.19 bits per heavy atom. The molecule has 0 radical (unpaired) electrons. The van der Waals surface area contributed by atoms with Gasteiger partial charge in [0.05, 0.1) is 12.2 Å². The highest BCUT2D eigenvalue weighted by atomic mass is 16.4. The molecule has 6 heteroatoms. The standard InChI is InChI=1S/C10H13N5O/c11-5-8-7-16-10(13-8)15-4-3-14-2-1-12-9(14)6-15/h1-2,7H,3-6,11H2. The van der Waals surface area contributed by atoms with Crippen molar-refractivity contribution in [3.8, 4) is 0 Å². The molecule has 0 atom stereocenters. The quantitative estimate of drug-likeness (QED) is 0.789. The number of imidazole rings is 1. The van der Waals surface area contributed by atoms with E-state index in [-0.39, 0.29) is 0 Å². The fraction of sp³-hybridized carbons (Fsp3) is 0.400. The molecule has 2 aromatic heterocycles. The van der Waals surface area contributed by atoms with Crippen molar-refractivity contribution in [3.05, 3.63) is 30.2 Å². The molecule has 0 saturated carbocycles. The van der Waals surface area contributed by atoms with E-state index in [4.69, 9.17) is 10.2 Å². The summed E-state index contributed by atoms with van der Waals surface area (Å²) >= 11 is 0. The van der Waals surface area contributed by atoms with Gasteiger partial charge in [0.25, 0.3) is 6.01 Å². The highest BCUT2D eigenvalue weighted by Gasteiger charge is 2.20. The van der Waals surface area contributed by atoms with Crippen LogP contribution in [0.1, 0.15) is 11.5 Å². The first-order chi connectivity index (χ1) is 7.86. The van der Waals surface area contributed by atoms with Gasteiger partial charge in [-0.15, -0.1) is 0 Å². The molecule has 0 saturated heterocycles. The lowest BCUT2D eigenvalue weighted by Crippen LogP contribution is -2.33. The Hall–Kier alpha value is -1.82. The summed E-state index contributed by atoms with van der Waals surface area (Å²) in [5, 5.41) is 0. The number of nitrogens with zero attached hydrogens (tertiary/aromatic N) is 4. The monoisotopic (exact) mass is 219 g/mol. The Bertz CT molecular complexity index is 489. The number of rotatable bonds is 2. The van der Waals surface area contributed by atoms with Gasteiger partial charge in [0, 0.05) is 32.0 Å². The molecule has 3 heterocycles. The fourth-order valence-electron chi connectivity index (χ4n) is 1.87. The number of nitrogens with two attached hydrogens (primary N) is 1. The summed E-state index contributed by atoms with van der Waals surface area (Å²) in [6, 6.07) is 0.634. The molecule has 84 valence electrons. The van der Waals surface area contributed by atoms with Crippen molar-refractivity contribution in [1.29, 1.82) is 0 Å². The number of hydrogen-bond donors (Lipinski definition) is 1. The van der Waals surface area contributed by atoms with Crippen LogP contribution in [0.25, 0.3) is 0 Å². The van der Waals surface area contributed by atoms with Gasteiger partial charge in [-0.2, -0.15) is 4.98 Å². The number of aromatic nitrogens is 3. The Morgan fingerprint density at radius 2 is 2.38 bits per heavy atom. The van der Waals surface area contributed by atoms with Crippen molar-refractivity contribution in [2.75, 3.05) is 11.4 Å². The van der Waals surface area contributed by atoms with Gasteiger partial charge in [0.1, 0.15) is 12.1 Å². The summed E-state index contributed by atoms with van der Waals surface area (Å²) in [6.45, 7) is 2.94. The zero-order valence-electron chi connectivity index (χ0n) is 8.83. The molecule has 2 N–H and O–H groups in total. The van der Waals surface area contributed by atoms with Crippen LogP contribution in [0.5, 0.6) is 0 Å².